The molecule has 1 aliphatic rings. The van der Waals surface area contributed by atoms with Gasteiger partial charge in [0.05, 0.1) is 17.1 Å². The number of carbonyl (C=O) groups excluding carboxylic acids is 3. The van der Waals surface area contributed by atoms with Crippen molar-refractivity contribution >= 4 is 23.6 Å². The van der Waals surface area contributed by atoms with Gasteiger partial charge in [0.25, 0.3) is 5.91 Å². The van der Waals surface area contributed by atoms with Gasteiger partial charge in [-0.1, -0.05) is 12.8 Å². The van der Waals surface area contributed by atoms with Gasteiger partial charge in [0.1, 0.15) is 0 Å². The normalized spacial score (nSPS) is 13.7. The molecule has 10 nitrogen and oxygen atoms in total. The van der Waals surface area contributed by atoms with Gasteiger partial charge in [0.2, 0.25) is 0 Å². The number of hydrogen-bond donors (Lipinski definition) is 2. The first-order valence-corrected chi connectivity index (χ1v) is 8.59. The molecule has 1 saturated carbocycles. The smallest absolute Gasteiger partial charge is 0.338 e. The summed E-state index contributed by atoms with van der Waals surface area (Å²) in [5.41, 5.74) is -0.486. The lowest BCUT2D eigenvalue weighted by Crippen LogP contribution is -2.44. The number of hydrogen-bond acceptors (Lipinski definition) is 7. The fourth-order valence-electron chi connectivity index (χ4n) is 2.73. The van der Waals surface area contributed by atoms with Crippen molar-refractivity contribution in [2.45, 2.75) is 38.6 Å². The zero-order valence-corrected chi connectivity index (χ0v) is 14.9. The third kappa shape index (κ3) is 5.94. The van der Waals surface area contributed by atoms with Crippen LogP contribution in [0.1, 0.15) is 43.0 Å². The maximum absolute atomic E-state index is 12.0. The van der Waals surface area contributed by atoms with Crippen LogP contribution in [0, 0.1) is 10.1 Å². The molecule has 0 aromatic heterocycles. The number of nitro groups is 1. The lowest BCUT2D eigenvalue weighted by Gasteiger charge is -2.12. The first-order valence-electron chi connectivity index (χ1n) is 8.59. The molecule has 1 aromatic carbocycles. The molecule has 0 aliphatic heterocycles. The maximum atomic E-state index is 12.0. The van der Waals surface area contributed by atoms with Crippen molar-refractivity contribution in [3.8, 4) is 5.75 Å². The standard InChI is InChI=1S/C17H21N3O7/c1-2-26-14-8-7-11(9-13(14)20(24)25)16(22)27-10-15(21)19-17(23)18-12-5-3-4-6-12/h7-9,12H,2-6,10H2,1H3,(H2,18,19,21,23). The average molecular weight is 379 g/mol. The van der Waals surface area contributed by atoms with Crippen molar-refractivity contribution < 1.29 is 28.8 Å². The van der Waals surface area contributed by atoms with Gasteiger partial charge in [-0.2, -0.15) is 0 Å². The number of imide groups is 1. The first-order chi connectivity index (χ1) is 12.9. The summed E-state index contributed by atoms with van der Waals surface area (Å²) in [7, 11) is 0. The highest BCUT2D eigenvalue weighted by molar-refractivity contribution is 5.97. The number of amides is 3. The molecule has 27 heavy (non-hydrogen) atoms. The van der Waals surface area contributed by atoms with Crippen LogP contribution < -0.4 is 15.4 Å². The SMILES string of the molecule is CCOc1ccc(C(=O)OCC(=O)NC(=O)NC2CCCC2)cc1[N+](=O)[O-]. The number of urea groups is 1. The first kappa shape index (κ1) is 20.1. The van der Waals surface area contributed by atoms with Crippen LogP contribution in [0.15, 0.2) is 18.2 Å². The summed E-state index contributed by atoms with van der Waals surface area (Å²) in [5, 5.41) is 15.8. The molecule has 0 heterocycles. The van der Waals surface area contributed by atoms with Gasteiger partial charge in [0, 0.05) is 12.1 Å². The Morgan fingerprint density at radius 2 is 1.96 bits per heavy atom. The van der Waals surface area contributed by atoms with E-state index in [2.05, 4.69) is 10.6 Å². The summed E-state index contributed by atoms with van der Waals surface area (Å²) in [6.07, 6.45) is 3.80. The molecule has 0 atom stereocenters. The summed E-state index contributed by atoms with van der Waals surface area (Å²) in [6, 6.07) is 3.00. The van der Waals surface area contributed by atoms with Crippen LogP contribution in [0.4, 0.5) is 10.5 Å². The van der Waals surface area contributed by atoms with E-state index in [9.17, 15) is 24.5 Å². The van der Waals surface area contributed by atoms with Crippen LogP contribution in [-0.4, -0.2) is 42.1 Å². The van der Waals surface area contributed by atoms with Crippen molar-refractivity contribution in [1.82, 2.24) is 10.6 Å². The summed E-state index contributed by atoms with van der Waals surface area (Å²) in [6.45, 7) is 1.22. The summed E-state index contributed by atoms with van der Waals surface area (Å²) in [4.78, 5) is 45.7. The van der Waals surface area contributed by atoms with Crippen LogP contribution in [0.5, 0.6) is 5.75 Å². The predicted octanol–water partition coefficient (Wildman–Crippen LogP) is 1.92. The van der Waals surface area contributed by atoms with Crippen molar-refractivity contribution in [3.05, 3.63) is 33.9 Å². The Hall–Kier alpha value is -3.17. The number of rotatable bonds is 7. The zero-order chi connectivity index (χ0) is 19.8. The molecule has 2 rings (SSSR count). The molecule has 146 valence electrons. The second kappa shape index (κ2) is 9.51. The minimum Gasteiger partial charge on any atom is -0.487 e. The number of esters is 1. The molecule has 1 aliphatic carbocycles. The van der Waals surface area contributed by atoms with Crippen molar-refractivity contribution in [2.24, 2.45) is 0 Å². The summed E-state index contributed by atoms with van der Waals surface area (Å²) >= 11 is 0. The van der Waals surface area contributed by atoms with E-state index < -0.39 is 29.4 Å². The van der Waals surface area contributed by atoms with Gasteiger partial charge >= 0.3 is 17.7 Å². The molecular weight excluding hydrogens is 358 g/mol. The van der Waals surface area contributed by atoms with Crippen LogP contribution in [0.2, 0.25) is 0 Å². The Morgan fingerprint density at radius 1 is 1.26 bits per heavy atom. The largest absolute Gasteiger partial charge is 0.487 e. The molecule has 2 N–H and O–H groups in total. The van der Waals surface area contributed by atoms with Gasteiger partial charge < -0.3 is 14.8 Å². The second-order valence-electron chi connectivity index (χ2n) is 5.95. The highest BCUT2D eigenvalue weighted by Gasteiger charge is 2.21. The van der Waals surface area contributed by atoms with E-state index in [1.807, 2.05) is 0 Å². The van der Waals surface area contributed by atoms with Crippen molar-refractivity contribution in [1.29, 1.82) is 0 Å². The summed E-state index contributed by atoms with van der Waals surface area (Å²) < 4.78 is 9.93. The fourth-order valence-corrected chi connectivity index (χ4v) is 2.73. The second-order valence-corrected chi connectivity index (χ2v) is 5.95. The average Bonchev–Trinajstić information content (AvgIpc) is 3.12. The van der Waals surface area contributed by atoms with Crippen molar-refractivity contribution in [3.63, 3.8) is 0 Å². The Morgan fingerprint density at radius 3 is 2.59 bits per heavy atom. The number of carbonyl (C=O) groups is 3. The molecule has 0 bridgehead atoms. The van der Waals surface area contributed by atoms with E-state index >= 15 is 0 Å². The minimum absolute atomic E-state index is 0.0281. The molecule has 0 radical (unpaired) electrons. The lowest BCUT2D eigenvalue weighted by atomic mass is 10.2. The van der Waals surface area contributed by atoms with E-state index in [-0.39, 0.29) is 29.6 Å². The third-order valence-electron chi connectivity index (χ3n) is 3.97. The zero-order valence-electron chi connectivity index (χ0n) is 14.9. The molecule has 10 heteroatoms. The maximum Gasteiger partial charge on any atom is 0.338 e. The third-order valence-corrected chi connectivity index (χ3v) is 3.97. The fraction of sp³-hybridized carbons (Fsp3) is 0.471. The van der Waals surface area contributed by atoms with E-state index in [0.29, 0.717) is 0 Å². The van der Waals surface area contributed by atoms with Gasteiger partial charge in [0.15, 0.2) is 12.4 Å². The van der Waals surface area contributed by atoms with Crippen LogP contribution >= 0.6 is 0 Å². The Labute approximate surface area is 155 Å². The number of nitro benzene ring substituents is 1. The Balaban J connectivity index is 1.87. The molecule has 0 spiro atoms. The van der Waals surface area contributed by atoms with Crippen LogP contribution in [0.25, 0.3) is 0 Å². The van der Waals surface area contributed by atoms with Crippen LogP contribution in [0.3, 0.4) is 0 Å². The molecule has 0 unspecified atom stereocenters. The summed E-state index contributed by atoms with van der Waals surface area (Å²) in [5.74, 6) is -1.69. The van der Waals surface area contributed by atoms with Gasteiger partial charge in [-0.05, 0) is 31.9 Å². The molecule has 1 fully saturated rings. The van der Waals surface area contributed by atoms with E-state index in [0.717, 1.165) is 31.7 Å². The highest BCUT2D eigenvalue weighted by atomic mass is 16.6. The topological polar surface area (TPSA) is 137 Å². The van der Waals surface area contributed by atoms with E-state index in [1.165, 1.54) is 12.1 Å². The van der Waals surface area contributed by atoms with Gasteiger partial charge in [-0.3, -0.25) is 20.2 Å². The number of nitrogens with zero attached hydrogens (tertiary/aromatic N) is 1. The van der Waals surface area contributed by atoms with Crippen LogP contribution in [-0.2, 0) is 9.53 Å². The minimum atomic E-state index is -0.924. The lowest BCUT2D eigenvalue weighted by molar-refractivity contribution is -0.385. The number of benzene rings is 1. The molecule has 0 saturated heterocycles. The molecular formula is C17H21N3O7. The van der Waals surface area contributed by atoms with E-state index in [4.69, 9.17) is 9.47 Å². The van der Waals surface area contributed by atoms with E-state index in [1.54, 1.807) is 6.92 Å². The molecule has 1 aromatic rings. The van der Waals surface area contributed by atoms with Gasteiger partial charge in [-0.15, -0.1) is 0 Å². The van der Waals surface area contributed by atoms with Crippen molar-refractivity contribution in [2.75, 3.05) is 13.2 Å². The highest BCUT2D eigenvalue weighted by Crippen LogP contribution is 2.28. The van der Waals surface area contributed by atoms with Gasteiger partial charge in [-0.25, -0.2) is 9.59 Å². The Bertz CT molecular complexity index is 729. The predicted molar refractivity (Wildman–Crippen MR) is 93.5 cm³/mol. The quantitative estimate of drug-likeness (QED) is 0.419. The molecule has 3 amide bonds. The monoisotopic (exact) mass is 379 g/mol. The number of ether oxygens (including phenoxy) is 2. The number of nitrogens with one attached hydrogen (secondary N) is 2. The Kier molecular flexibility index (Phi) is 7.09.